The third kappa shape index (κ3) is 8.62. The van der Waals surface area contributed by atoms with Crippen LogP contribution in [0.1, 0.15) is 90.4 Å². The Morgan fingerprint density at radius 1 is 0.765 bits per heavy atom. The average Bonchev–Trinajstić information content (AvgIpc) is 3.45. The number of quaternary nitrogens is 2. The van der Waals surface area contributed by atoms with Crippen LogP contribution >= 0.6 is 0 Å². The van der Waals surface area contributed by atoms with E-state index in [0.717, 1.165) is 37.6 Å². The summed E-state index contributed by atoms with van der Waals surface area (Å²) in [7, 11) is 0. The molecular formula is C27H51Br2N3O2. The number of carbonyl (C=O) groups excluding carboxylic acids is 1. The van der Waals surface area contributed by atoms with Gasteiger partial charge in [-0.2, -0.15) is 0 Å². The van der Waals surface area contributed by atoms with Gasteiger partial charge in [-0.1, -0.05) is 19.8 Å². The fraction of sp³-hybridized carbons (Fsp3) is 0.963. The number of rotatable bonds is 9. The summed E-state index contributed by atoms with van der Waals surface area (Å²) in [5, 5.41) is 3.03. The molecule has 4 fully saturated rings. The predicted octanol–water partition coefficient (Wildman–Crippen LogP) is -0.899. The number of ether oxygens (including phenoxy) is 1. The molecule has 5 nitrogen and oxygen atoms in total. The summed E-state index contributed by atoms with van der Waals surface area (Å²) >= 11 is 0. The lowest BCUT2D eigenvalue weighted by Crippen LogP contribution is -3.00. The Balaban J connectivity index is 0.00000204. The Labute approximate surface area is 230 Å². The van der Waals surface area contributed by atoms with E-state index in [4.69, 9.17) is 4.74 Å². The summed E-state index contributed by atoms with van der Waals surface area (Å²) in [5.41, 5.74) is 0. The summed E-state index contributed by atoms with van der Waals surface area (Å²) < 4.78 is 8.89. The summed E-state index contributed by atoms with van der Waals surface area (Å²) in [4.78, 5) is 12.6. The van der Waals surface area contributed by atoms with E-state index in [1.165, 1.54) is 126 Å². The number of nitrogens with one attached hydrogen (secondary N) is 1. The average molecular weight is 610 g/mol. The van der Waals surface area contributed by atoms with Crippen LogP contribution in [0.25, 0.3) is 0 Å². The first-order valence-corrected chi connectivity index (χ1v) is 14.3. The van der Waals surface area contributed by atoms with Gasteiger partial charge in [-0.3, -0.25) is 0 Å². The maximum atomic E-state index is 12.6. The van der Waals surface area contributed by atoms with Crippen LogP contribution in [0.2, 0.25) is 0 Å². The van der Waals surface area contributed by atoms with Crippen molar-refractivity contribution in [2.45, 2.75) is 96.5 Å². The standard InChI is InChI=1S/C27H50N3O2.2BrH/c1-2-3-4-13-28-27(31)32-26(22-24-9-18-29(19-10-24)14-5-6-15-29)23-25-11-20-30(21-12-25)16-7-8-17-30;;/h24-26H,2-23H2,1H3;2*1H/q+1;;/p-1. The molecule has 34 heavy (non-hydrogen) atoms. The second-order valence-corrected chi connectivity index (χ2v) is 11.9. The maximum absolute atomic E-state index is 12.6. The molecule has 0 aromatic heterocycles. The first-order valence-electron chi connectivity index (χ1n) is 14.3. The van der Waals surface area contributed by atoms with Gasteiger partial charge in [-0.05, 0) is 56.8 Å². The molecule has 4 aliphatic rings. The van der Waals surface area contributed by atoms with E-state index >= 15 is 0 Å². The molecule has 0 radical (unpaired) electrons. The number of nitrogens with zero attached hydrogens (tertiary/aromatic N) is 2. The molecule has 0 bridgehead atoms. The molecule has 0 saturated carbocycles. The molecule has 1 N–H and O–H groups in total. The second kappa shape index (κ2) is 14.8. The number of amides is 1. The molecule has 0 aromatic rings. The number of hydrogen-bond donors (Lipinski definition) is 1. The quantitative estimate of drug-likeness (QED) is 0.272. The van der Waals surface area contributed by atoms with E-state index in [2.05, 4.69) is 12.2 Å². The number of alkyl carbamates (subject to hydrolysis) is 1. The molecule has 7 heteroatoms. The number of carbonyl (C=O) groups is 1. The number of halogens is 2. The molecule has 4 rings (SSSR count). The van der Waals surface area contributed by atoms with Crippen molar-refractivity contribution in [2.24, 2.45) is 11.8 Å². The SMILES string of the molecule is CCCCCNC(=O)OC(CC1CC[N+]2(CCCC2)CC1)CC1CC[N+]2(CCCC2)CC1.[Br-].[Br-]. The van der Waals surface area contributed by atoms with Gasteiger partial charge in [0.25, 0.3) is 0 Å². The highest BCUT2D eigenvalue weighted by atomic mass is 79.9. The van der Waals surface area contributed by atoms with Crippen molar-refractivity contribution >= 4 is 6.09 Å². The van der Waals surface area contributed by atoms with Crippen molar-refractivity contribution in [2.75, 3.05) is 58.9 Å². The fourth-order valence-corrected chi connectivity index (χ4v) is 7.41. The maximum Gasteiger partial charge on any atom is 0.407 e. The zero-order chi connectivity index (χ0) is 22.3. The van der Waals surface area contributed by atoms with Crippen molar-refractivity contribution in [3.63, 3.8) is 0 Å². The number of unbranched alkanes of at least 4 members (excludes halogenated alkanes) is 2. The lowest BCUT2D eigenvalue weighted by atomic mass is 9.84. The summed E-state index contributed by atoms with van der Waals surface area (Å²) in [5.74, 6) is 1.50. The Bertz CT molecular complexity index is 536. The highest BCUT2D eigenvalue weighted by Gasteiger charge is 2.39. The van der Waals surface area contributed by atoms with Gasteiger partial charge in [0.2, 0.25) is 0 Å². The van der Waals surface area contributed by atoms with Gasteiger partial charge in [0, 0.05) is 32.2 Å². The highest BCUT2D eigenvalue weighted by Crippen LogP contribution is 2.35. The molecule has 0 unspecified atom stereocenters. The topological polar surface area (TPSA) is 38.3 Å². The van der Waals surface area contributed by atoms with Gasteiger partial charge >= 0.3 is 6.09 Å². The van der Waals surface area contributed by atoms with Crippen molar-refractivity contribution < 1.29 is 52.5 Å². The third-order valence-corrected chi connectivity index (χ3v) is 9.59. The number of piperidine rings is 2. The van der Waals surface area contributed by atoms with E-state index in [0.29, 0.717) is 0 Å². The van der Waals surface area contributed by atoms with Crippen molar-refractivity contribution in [1.29, 1.82) is 0 Å². The lowest BCUT2D eigenvalue weighted by molar-refractivity contribution is -0.922. The van der Waals surface area contributed by atoms with Crippen LogP contribution in [0.3, 0.4) is 0 Å². The minimum absolute atomic E-state index is 0. The molecule has 200 valence electrons. The van der Waals surface area contributed by atoms with Crippen LogP contribution < -0.4 is 39.3 Å². The van der Waals surface area contributed by atoms with E-state index in [-0.39, 0.29) is 46.2 Å². The number of hydrogen-bond acceptors (Lipinski definition) is 2. The Hall–Kier alpha value is 0.150. The molecule has 4 aliphatic heterocycles. The van der Waals surface area contributed by atoms with Crippen LogP contribution in [0.15, 0.2) is 0 Å². The van der Waals surface area contributed by atoms with Crippen LogP contribution in [0, 0.1) is 11.8 Å². The zero-order valence-corrected chi connectivity index (χ0v) is 24.9. The van der Waals surface area contributed by atoms with E-state index < -0.39 is 0 Å². The van der Waals surface area contributed by atoms with Gasteiger partial charge in [-0.15, -0.1) is 0 Å². The Kier molecular flexibility index (Phi) is 13.2. The largest absolute Gasteiger partial charge is 1.00 e. The predicted molar refractivity (Wildman–Crippen MR) is 130 cm³/mol. The van der Waals surface area contributed by atoms with Crippen LogP contribution in [-0.2, 0) is 4.74 Å². The smallest absolute Gasteiger partial charge is 0.407 e. The van der Waals surface area contributed by atoms with Crippen molar-refractivity contribution in [3.8, 4) is 0 Å². The first-order chi connectivity index (χ1) is 15.6. The van der Waals surface area contributed by atoms with Crippen molar-refractivity contribution in [3.05, 3.63) is 0 Å². The molecule has 4 heterocycles. The Morgan fingerprint density at radius 2 is 1.21 bits per heavy atom. The van der Waals surface area contributed by atoms with Crippen molar-refractivity contribution in [1.82, 2.24) is 5.32 Å². The molecule has 0 atom stereocenters. The van der Waals surface area contributed by atoms with Crippen LogP contribution in [-0.4, -0.2) is 80.1 Å². The molecule has 4 saturated heterocycles. The minimum atomic E-state index is -0.163. The van der Waals surface area contributed by atoms with Gasteiger partial charge in [0.15, 0.2) is 0 Å². The molecule has 1 amide bonds. The zero-order valence-electron chi connectivity index (χ0n) is 21.8. The minimum Gasteiger partial charge on any atom is -1.00 e. The second-order valence-electron chi connectivity index (χ2n) is 11.9. The van der Waals surface area contributed by atoms with Gasteiger partial charge in [0.05, 0.1) is 52.4 Å². The Morgan fingerprint density at radius 3 is 1.62 bits per heavy atom. The van der Waals surface area contributed by atoms with Gasteiger partial charge in [0.1, 0.15) is 6.10 Å². The fourth-order valence-electron chi connectivity index (χ4n) is 7.41. The van der Waals surface area contributed by atoms with E-state index in [9.17, 15) is 4.79 Å². The summed E-state index contributed by atoms with van der Waals surface area (Å²) in [6.45, 7) is 14.1. The molecule has 0 aromatic carbocycles. The van der Waals surface area contributed by atoms with Crippen LogP contribution in [0.5, 0.6) is 0 Å². The normalized spacial score (nSPS) is 26.6. The molecular weight excluding hydrogens is 558 g/mol. The van der Waals surface area contributed by atoms with E-state index in [1.54, 1.807) is 0 Å². The molecule has 0 aliphatic carbocycles. The van der Waals surface area contributed by atoms with E-state index in [1.807, 2.05) is 0 Å². The van der Waals surface area contributed by atoms with Crippen LogP contribution in [0.4, 0.5) is 4.79 Å². The van der Waals surface area contributed by atoms with Gasteiger partial charge in [-0.25, -0.2) is 4.79 Å². The third-order valence-electron chi connectivity index (χ3n) is 9.59. The highest BCUT2D eigenvalue weighted by molar-refractivity contribution is 5.67. The monoisotopic (exact) mass is 607 g/mol. The molecule has 2 spiro atoms. The van der Waals surface area contributed by atoms with Gasteiger partial charge < -0.3 is 53.0 Å². The summed E-state index contributed by atoms with van der Waals surface area (Å²) in [6.07, 6.45) is 16.6. The summed E-state index contributed by atoms with van der Waals surface area (Å²) in [6, 6.07) is 0. The first kappa shape index (κ1) is 30.4. The lowest BCUT2D eigenvalue weighted by Gasteiger charge is -2.42.